The Balaban J connectivity index is 2.01. The number of rotatable bonds is 5. The molecule has 1 aromatic carbocycles. The number of hydrogen-bond acceptors (Lipinski definition) is 5. The van der Waals surface area contributed by atoms with E-state index in [1.54, 1.807) is 23.1 Å². The predicted molar refractivity (Wildman–Crippen MR) is 111 cm³/mol. The van der Waals surface area contributed by atoms with Crippen molar-refractivity contribution in [3.05, 3.63) is 30.6 Å². The number of benzene rings is 1. The molecular weight excluding hydrogens is 372 g/mol. The molecule has 29 heavy (non-hydrogen) atoms. The standard InChI is InChI=1S/C21H28N4O4/c1-14(2)29-21(27)24-12-15(3)25(16(4)26)19-7-6-17(10-20(19)24)18-11-22-23(13-18)8-9-28-5/h6-7,10-11,13-15H,8-9,12H2,1-5H3/t15-/m0/s1. The van der Waals surface area contributed by atoms with Crippen LogP contribution in [-0.2, 0) is 20.8 Å². The minimum Gasteiger partial charge on any atom is -0.446 e. The van der Waals surface area contributed by atoms with Crippen LogP contribution in [0.2, 0.25) is 0 Å². The van der Waals surface area contributed by atoms with E-state index in [4.69, 9.17) is 9.47 Å². The van der Waals surface area contributed by atoms with Gasteiger partial charge in [-0.2, -0.15) is 5.10 Å². The quantitative estimate of drug-likeness (QED) is 0.770. The lowest BCUT2D eigenvalue weighted by Gasteiger charge is -2.40. The molecule has 156 valence electrons. The number of aromatic nitrogens is 2. The summed E-state index contributed by atoms with van der Waals surface area (Å²) in [6.07, 6.45) is 3.08. The molecule has 1 aliphatic rings. The van der Waals surface area contributed by atoms with Crippen molar-refractivity contribution in [1.29, 1.82) is 0 Å². The topological polar surface area (TPSA) is 76.9 Å². The third kappa shape index (κ3) is 4.42. The smallest absolute Gasteiger partial charge is 0.414 e. The maximum absolute atomic E-state index is 12.7. The van der Waals surface area contributed by atoms with Crippen LogP contribution in [-0.4, -0.2) is 54.2 Å². The van der Waals surface area contributed by atoms with Gasteiger partial charge < -0.3 is 14.4 Å². The van der Waals surface area contributed by atoms with Gasteiger partial charge in [0.25, 0.3) is 0 Å². The SMILES string of the molecule is COCCn1cc(-c2ccc3c(c2)N(C(=O)OC(C)C)C[C@H](C)N3C(C)=O)cn1. The first-order chi connectivity index (χ1) is 13.8. The number of amides is 2. The Morgan fingerprint density at radius 2 is 2.00 bits per heavy atom. The highest BCUT2D eigenvalue weighted by Gasteiger charge is 2.34. The van der Waals surface area contributed by atoms with Gasteiger partial charge in [-0.25, -0.2) is 4.79 Å². The van der Waals surface area contributed by atoms with Gasteiger partial charge in [0.1, 0.15) is 0 Å². The van der Waals surface area contributed by atoms with Crippen molar-refractivity contribution in [2.24, 2.45) is 0 Å². The van der Waals surface area contributed by atoms with E-state index in [9.17, 15) is 9.59 Å². The fourth-order valence-corrected chi connectivity index (χ4v) is 3.54. The second kappa shape index (κ2) is 8.65. The highest BCUT2D eigenvalue weighted by molar-refractivity contribution is 6.03. The van der Waals surface area contributed by atoms with Crippen LogP contribution >= 0.6 is 0 Å². The van der Waals surface area contributed by atoms with Crippen molar-refractivity contribution in [2.45, 2.75) is 46.4 Å². The van der Waals surface area contributed by atoms with Crippen molar-refractivity contribution in [3.63, 3.8) is 0 Å². The molecular formula is C21H28N4O4. The van der Waals surface area contributed by atoms with Gasteiger partial charge >= 0.3 is 6.09 Å². The number of hydrogen-bond donors (Lipinski definition) is 0. The van der Waals surface area contributed by atoms with E-state index in [1.165, 1.54) is 6.92 Å². The van der Waals surface area contributed by atoms with Crippen molar-refractivity contribution in [2.75, 3.05) is 30.1 Å². The van der Waals surface area contributed by atoms with Gasteiger partial charge in [-0.1, -0.05) is 6.07 Å². The lowest BCUT2D eigenvalue weighted by atomic mass is 10.0. The monoisotopic (exact) mass is 400 g/mol. The molecule has 0 saturated heterocycles. The Morgan fingerprint density at radius 3 is 2.66 bits per heavy atom. The third-order valence-corrected chi connectivity index (χ3v) is 4.80. The number of anilines is 2. The van der Waals surface area contributed by atoms with Crippen molar-refractivity contribution in [3.8, 4) is 11.1 Å². The van der Waals surface area contributed by atoms with Crippen LogP contribution in [0.3, 0.4) is 0 Å². The van der Waals surface area contributed by atoms with Crippen LogP contribution in [0.4, 0.5) is 16.2 Å². The summed E-state index contributed by atoms with van der Waals surface area (Å²) in [5, 5.41) is 4.36. The molecule has 0 spiro atoms. The molecule has 2 heterocycles. The maximum atomic E-state index is 12.7. The average molecular weight is 400 g/mol. The number of carbonyl (C=O) groups is 2. The van der Waals surface area contributed by atoms with Crippen LogP contribution in [0.25, 0.3) is 11.1 Å². The molecule has 0 bridgehead atoms. The van der Waals surface area contributed by atoms with Gasteiger partial charge in [-0.3, -0.25) is 14.4 Å². The Kier molecular flexibility index (Phi) is 6.22. The Labute approximate surface area is 171 Å². The first kappa shape index (κ1) is 20.9. The molecule has 1 aliphatic heterocycles. The molecule has 2 aromatic rings. The predicted octanol–water partition coefficient (Wildman–Crippen LogP) is 3.30. The molecule has 1 aromatic heterocycles. The second-order valence-corrected chi connectivity index (χ2v) is 7.47. The van der Waals surface area contributed by atoms with Gasteiger partial charge in [-0.05, 0) is 38.5 Å². The number of fused-ring (bicyclic) bond motifs is 1. The molecule has 0 radical (unpaired) electrons. The Bertz CT molecular complexity index is 893. The maximum Gasteiger partial charge on any atom is 0.414 e. The number of carbonyl (C=O) groups excluding carboxylic acids is 2. The number of methoxy groups -OCH3 is 1. The number of ether oxygens (including phenoxy) is 2. The molecule has 0 saturated carbocycles. The summed E-state index contributed by atoms with van der Waals surface area (Å²) in [5.41, 5.74) is 3.19. The normalized spacial score (nSPS) is 16.1. The van der Waals surface area contributed by atoms with Crippen molar-refractivity contribution in [1.82, 2.24) is 9.78 Å². The molecule has 8 heteroatoms. The second-order valence-electron chi connectivity index (χ2n) is 7.47. The van der Waals surface area contributed by atoms with Crippen LogP contribution in [0.5, 0.6) is 0 Å². The molecule has 0 N–H and O–H groups in total. The summed E-state index contributed by atoms with van der Waals surface area (Å²) >= 11 is 0. The van der Waals surface area contributed by atoms with E-state index in [1.807, 2.05) is 49.8 Å². The number of nitrogens with zero attached hydrogens (tertiary/aromatic N) is 4. The molecule has 0 aliphatic carbocycles. The van der Waals surface area contributed by atoms with Gasteiger partial charge in [0.15, 0.2) is 0 Å². The van der Waals surface area contributed by atoms with Crippen LogP contribution in [0.15, 0.2) is 30.6 Å². The van der Waals surface area contributed by atoms with Crippen LogP contribution in [0.1, 0.15) is 27.7 Å². The summed E-state index contributed by atoms with van der Waals surface area (Å²) < 4.78 is 12.3. The Hall–Kier alpha value is -2.87. The zero-order valence-electron chi connectivity index (χ0n) is 17.6. The largest absolute Gasteiger partial charge is 0.446 e. The summed E-state index contributed by atoms with van der Waals surface area (Å²) in [7, 11) is 1.65. The van der Waals surface area contributed by atoms with E-state index in [2.05, 4.69) is 5.10 Å². The van der Waals surface area contributed by atoms with E-state index in [0.717, 1.165) is 11.1 Å². The van der Waals surface area contributed by atoms with E-state index < -0.39 is 6.09 Å². The molecule has 0 fully saturated rings. The fraction of sp³-hybridized carbons (Fsp3) is 0.476. The van der Waals surface area contributed by atoms with Gasteiger partial charge in [0.05, 0.1) is 42.9 Å². The van der Waals surface area contributed by atoms with Gasteiger partial charge in [0, 0.05) is 32.3 Å². The summed E-state index contributed by atoms with van der Waals surface area (Å²) in [5.74, 6) is -0.0595. The molecule has 1 atom stereocenters. The first-order valence-corrected chi connectivity index (χ1v) is 9.75. The van der Waals surface area contributed by atoms with E-state index >= 15 is 0 Å². The van der Waals surface area contributed by atoms with E-state index in [0.29, 0.717) is 31.1 Å². The lowest BCUT2D eigenvalue weighted by molar-refractivity contribution is -0.117. The highest BCUT2D eigenvalue weighted by Crippen LogP contribution is 2.39. The summed E-state index contributed by atoms with van der Waals surface area (Å²) in [6, 6.07) is 5.58. The minimum atomic E-state index is -0.413. The van der Waals surface area contributed by atoms with Crippen molar-refractivity contribution >= 4 is 23.4 Å². The van der Waals surface area contributed by atoms with Gasteiger partial charge in [0.2, 0.25) is 5.91 Å². The summed E-state index contributed by atoms with van der Waals surface area (Å²) in [6.45, 7) is 8.70. The molecule has 8 nitrogen and oxygen atoms in total. The van der Waals surface area contributed by atoms with Gasteiger partial charge in [-0.15, -0.1) is 0 Å². The highest BCUT2D eigenvalue weighted by atomic mass is 16.6. The zero-order chi connectivity index (χ0) is 21.1. The molecule has 3 rings (SSSR count). The zero-order valence-corrected chi connectivity index (χ0v) is 17.6. The molecule has 2 amide bonds. The van der Waals surface area contributed by atoms with Crippen molar-refractivity contribution < 1.29 is 19.1 Å². The van der Waals surface area contributed by atoms with Crippen LogP contribution < -0.4 is 9.80 Å². The first-order valence-electron chi connectivity index (χ1n) is 9.75. The Morgan fingerprint density at radius 1 is 1.24 bits per heavy atom. The van der Waals surface area contributed by atoms with E-state index in [-0.39, 0.29) is 18.1 Å². The summed E-state index contributed by atoms with van der Waals surface area (Å²) in [4.78, 5) is 28.3. The third-order valence-electron chi connectivity index (χ3n) is 4.80. The fourth-order valence-electron chi connectivity index (χ4n) is 3.54. The lowest BCUT2D eigenvalue weighted by Crippen LogP contribution is -2.51. The average Bonchev–Trinajstić information content (AvgIpc) is 3.13. The van der Waals surface area contributed by atoms with Crippen LogP contribution in [0, 0.1) is 0 Å². The molecule has 0 unspecified atom stereocenters. The minimum absolute atomic E-state index is 0.0595.